The van der Waals surface area contributed by atoms with Gasteiger partial charge in [-0.1, -0.05) is 11.6 Å². The summed E-state index contributed by atoms with van der Waals surface area (Å²) >= 11 is 5.81. The molecule has 0 bridgehead atoms. The Bertz CT molecular complexity index is 923. The molecule has 1 saturated heterocycles. The Morgan fingerprint density at radius 2 is 1.80 bits per heavy atom. The molecule has 0 saturated carbocycles. The number of aromatic amines is 1. The molecule has 1 fully saturated rings. The van der Waals surface area contributed by atoms with Crippen molar-refractivity contribution >= 4 is 27.5 Å². The minimum atomic E-state index is -3.64. The first-order valence-corrected chi connectivity index (χ1v) is 9.37. The SMILES string of the molecule is N#Cc1ccc(S(=O)(=O)N2CCN(C(=O)c3cc(Cl)c[nH]3)CC2)cc1. The van der Waals surface area contributed by atoms with Crippen molar-refractivity contribution in [2.45, 2.75) is 4.90 Å². The van der Waals surface area contributed by atoms with Crippen LogP contribution in [0.25, 0.3) is 0 Å². The number of halogens is 1. The fourth-order valence-electron chi connectivity index (χ4n) is 2.64. The Morgan fingerprint density at radius 3 is 2.32 bits per heavy atom. The molecule has 1 aliphatic heterocycles. The lowest BCUT2D eigenvalue weighted by Gasteiger charge is -2.33. The van der Waals surface area contributed by atoms with E-state index in [-0.39, 0.29) is 23.9 Å². The molecule has 1 aromatic carbocycles. The highest BCUT2D eigenvalue weighted by molar-refractivity contribution is 7.89. The van der Waals surface area contributed by atoms with E-state index in [9.17, 15) is 13.2 Å². The van der Waals surface area contributed by atoms with Crippen LogP contribution < -0.4 is 0 Å². The quantitative estimate of drug-likeness (QED) is 0.878. The van der Waals surface area contributed by atoms with E-state index in [1.165, 1.54) is 34.8 Å². The van der Waals surface area contributed by atoms with Gasteiger partial charge in [-0.25, -0.2) is 8.42 Å². The van der Waals surface area contributed by atoms with E-state index in [4.69, 9.17) is 16.9 Å². The number of benzene rings is 1. The lowest BCUT2D eigenvalue weighted by atomic mass is 10.2. The van der Waals surface area contributed by atoms with E-state index in [0.29, 0.717) is 29.4 Å². The van der Waals surface area contributed by atoms with Crippen LogP contribution in [0.4, 0.5) is 0 Å². The van der Waals surface area contributed by atoms with Gasteiger partial charge in [-0.3, -0.25) is 4.79 Å². The number of sulfonamides is 1. The maximum atomic E-state index is 12.7. The smallest absolute Gasteiger partial charge is 0.270 e. The van der Waals surface area contributed by atoms with Crippen molar-refractivity contribution in [1.82, 2.24) is 14.2 Å². The van der Waals surface area contributed by atoms with Crippen LogP contribution >= 0.6 is 11.6 Å². The number of H-pyrrole nitrogens is 1. The number of hydrogen-bond donors (Lipinski definition) is 1. The zero-order valence-corrected chi connectivity index (χ0v) is 14.7. The molecule has 0 spiro atoms. The molecule has 1 N–H and O–H groups in total. The lowest BCUT2D eigenvalue weighted by molar-refractivity contribution is 0.0692. The van der Waals surface area contributed by atoms with Crippen molar-refractivity contribution in [2.24, 2.45) is 0 Å². The second-order valence-electron chi connectivity index (χ2n) is 5.56. The van der Waals surface area contributed by atoms with Crippen molar-refractivity contribution in [3.63, 3.8) is 0 Å². The molecule has 1 aromatic heterocycles. The fourth-order valence-corrected chi connectivity index (χ4v) is 4.23. The summed E-state index contributed by atoms with van der Waals surface area (Å²) in [7, 11) is -3.64. The first-order chi connectivity index (χ1) is 11.9. The zero-order chi connectivity index (χ0) is 18.0. The van der Waals surface area contributed by atoms with Crippen LogP contribution in [0.15, 0.2) is 41.4 Å². The van der Waals surface area contributed by atoms with E-state index in [2.05, 4.69) is 4.98 Å². The van der Waals surface area contributed by atoms with Gasteiger partial charge < -0.3 is 9.88 Å². The Labute approximate surface area is 150 Å². The molecule has 0 aliphatic carbocycles. The molecule has 9 heteroatoms. The van der Waals surface area contributed by atoms with Crippen LogP contribution in [0.5, 0.6) is 0 Å². The van der Waals surface area contributed by atoms with Crippen molar-refractivity contribution in [1.29, 1.82) is 5.26 Å². The summed E-state index contributed by atoms with van der Waals surface area (Å²) < 4.78 is 26.7. The van der Waals surface area contributed by atoms with Crippen molar-refractivity contribution in [3.8, 4) is 6.07 Å². The molecule has 2 heterocycles. The highest BCUT2D eigenvalue weighted by atomic mass is 35.5. The zero-order valence-electron chi connectivity index (χ0n) is 13.1. The van der Waals surface area contributed by atoms with Crippen LogP contribution in [0, 0.1) is 11.3 Å². The number of nitrogens with one attached hydrogen (secondary N) is 1. The topological polar surface area (TPSA) is 97.3 Å². The Hall–Kier alpha value is -2.34. The summed E-state index contributed by atoms with van der Waals surface area (Å²) in [5.74, 6) is -0.206. The van der Waals surface area contributed by atoms with Crippen molar-refractivity contribution < 1.29 is 13.2 Å². The average molecular weight is 379 g/mol. The normalized spacial score (nSPS) is 15.8. The number of nitriles is 1. The van der Waals surface area contributed by atoms with E-state index >= 15 is 0 Å². The first-order valence-electron chi connectivity index (χ1n) is 7.55. The van der Waals surface area contributed by atoms with Gasteiger partial charge in [0.1, 0.15) is 5.69 Å². The molecule has 3 rings (SSSR count). The van der Waals surface area contributed by atoms with Gasteiger partial charge in [0.25, 0.3) is 5.91 Å². The lowest BCUT2D eigenvalue weighted by Crippen LogP contribution is -2.50. The standard InChI is InChI=1S/C16H15ClN4O3S/c17-13-9-15(19-11-13)16(22)20-5-7-21(8-6-20)25(23,24)14-3-1-12(10-18)2-4-14/h1-4,9,11,19H,5-8H2. The van der Waals surface area contributed by atoms with Crippen LogP contribution in [0.2, 0.25) is 5.02 Å². The third kappa shape index (κ3) is 3.54. The van der Waals surface area contributed by atoms with Gasteiger partial charge in [-0.05, 0) is 30.3 Å². The Kier molecular flexibility index (Phi) is 4.81. The number of hydrogen-bond acceptors (Lipinski definition) is 4. The minimum Gasteiger partial charge on any atom is -0.356 e. The van der Waals surface area contributed by atoms with E-state index in [1.54, 1.807) is 11.0 Å². The number of aromatic nitrogens is 1. The number of rotatable bonds is 3. The monoisotopic (exact) mass is 378 g/mol. The number of piperazine rings is 1. The summed E-state index contributed by atoms with van der Waals surface area (Å²) in [5.41, 5.74) is 0.785. The minimum absolute atomic E-state index is 0.141. The first kappa shape index (κ1) is 17.5. The number of amides is 1. The second kappa shape index (κ2) is 6.88. The molecule has 0 radical (unpaired) electrons. The molecular weight excluding hydrogens is 364 g/mol. The van der Waals surface area contributed by atoms with Gasteiger partial charge in [0.05, 0.1) is 21.6 Å². The molecule has 0 unspecified atom stereocenters. The van der Waals surface area contributed by atoms with Crippen molar-refractivity contribution in [2.75, 3.05) is 26.2 Å². The van der Waals surface area contributed by atoms with E-state index < -0.39 is 10.0 Å². The summed E-state index contributed by atoms with van der Waals surface area (Å²) in [5, 5.41) is 9.25. The van der Waals surface area contributed by atoms with Crippen LogP contribution in [0.3, 0.4) is 0 Å². The van der Waals surface area contributed by atoms with Crippen LogP contribution in [-0.4, -0.2) is 54.7 Å². The van der Waals surface area contributed by atoms with Gasteiger partial charge in [0, 0.05) is 32.4 Å². The third-order valence-electron chi connectivity index (χ3n) is 4.03. The maximum Gasteiger partial charge on any atom is 0.270 e. The maximum absolute atomic E-state index is 12.7. The van der Waals surface area contributed by atoms with Crippen LogP contribution in [0.1, 0.15) is 16.1 Å². The number of carbonyl (C=O) groups is 1. The van der Waals surface area contributed by atoms with Gasteiger partial charge in [0.2, 0.25) is 10.0 Å². The summed E-state index contributed by atoms with van der Waals surface area (Å²) in [6.07, 6.45) is 1.53. The van der Waals surface area contributed by atoms with E-state index in [0.717, 1.165) is 0 Å². The molecule has 25 heavy (non-hydrogen) atoms. The second-order valence-corrected chi connectivity index (χ2v) is 7.94. The van der Waals surface area contributed by atoms with Crippen LogP contribution in [-0.2, 0) is 10.0 Å². The van der Waals surface area contributed by atoms with Gasteiger partial charge in [-0.15, -0.1) is 0 Å². The van der Waals surface area contributed by atoms with E-state index in [1.807, 2.05) is 6.07 Å². The Balaban J connectivity index is 1.68. The largest absolute Gasteiger partial charge is 0.356 e. The summed E-state index contributed by atoms with van der Waals surface area (Å²) in [6.45, 7) is 1.01. The van der Waals surface area contributed by atoms with Gasteiger partial charge in [-0.2, -0.15) is 9.57 Å². The third-order valence-corrected chi connectivity index (χ3v) is 6.16. The Morgan fingerprint density at radius 1 is 1.16 bits per heavy atom. The molecule has 7 nitrogen and oxygen atoms in total. The molecule has 1 amide bonds. The fraction of sp³-hybridized carbons (Fsp3) is 0.250. The predicted molar refractivity (Wildman–Crippen MR) is 91.6 cm³/mol. The highest BCUT2D eigenvalue weighted by Gasteiger charge is 2.30. The number of nitrogens with zero attached hydrogens (tertiary/aromatic N) is 3. The highest BCUT2D eigenvalue weighted by Crippen LogP contribution is 2.19. The summed E-state index contributed by atoms with van der Waals surface area (Å²) in [4.78, 5) is 16.9. The molecule has 1 aliphatic rings. The summed E-state index contributed by atoms with van der Waals surface area (Å²) in [6, 6.07) is 9.29. The molecule has 0 atom stereocenters. The van der Waals surface area contributed by atoms with Crippen molar-refractivity contribution in [3.05, 3.63) is 52.8 Å². The predicted octanol–water partition coefficient (Wildman–Crippen LogP) is 1.69. The number of carbonyl (C=O) groups excluding carboxylic acids is 1. The molecule has 2 aromatic rings. The molecule has 130 valence electrons. The average Bonchev–Trinajstić information content (AvgIpc) is 3.07. The molecular formula is C16H15ClN4O3S. The van der Waals surface area contributed by atoms with Gasteiger partial charge in [0.15, 0.2) is 0 Å². The van der Waals surface area contributed by atoms with Gasteiger partial charge >= 0.3 is 0 Å².